The van der Waals surface area contributed by atoms with E-state index in [9.17, 15) is 19.2 Å². The van der Waals surface area contributed by atoms with E-state index < -0.39 is 17.2 Å². The van der Waals surface area contributed by atoms with E-state index in [2.05, 4.69) is 5.32 Å². The van der Waals surface area contributed by atoms with Gasteiger partial charge in [0.25, 0.3) is 0 Å². The predicted octanol–water partition coefficient (Wildman–Crippen LogP) is 4.19. The van der Waals surface area contributed by atoms with Crippen molar-refractivity contribution in [2.24, 2.45) is 0 Å². The van der Waals surface area contributed by atoms with Gasteiger partial charge >= 0.3 is 11.9 Å². The Morgan fingerprint density at radius 3 is 1.71 bits per heavy atom. The van der Waals surface area contributed by atoms with Crippen molar-refractivity contribution in [1.82, 2.24) is 0 Å². The number of halogens is 1. The molecule has 8 nitrogen and oxygen atoms in total. The van der Waals surface area contributed by atoms with E-state index in [1.54, 1.807) is 62.4 Å². The highest BCUT2D eigenvalue weighted by Crippen LogP contribution is 2.14. The molecule has 1 amide bonds. The Balaban J connectivity index is 0.000000484. The number of rotatable bonds is 5. The Kier molecular flexibility index (Phi) is 13.1. The van der Waals surface area contributed by atoms with E-state index in [-0.39, 0.29) is 17.0 Å². The second-order valence-electron chi connectivity index (χ2n) is 5.54. The van der Waals surface area contributed by atoms with Crippen molar-refractivity contribution in [2.75, 3.05) is 11.1 Å². The second kappa shape index (κ2) is 15.0. The molecule has 2 aromatic carbocycles. The van der Waals surface area contributed by atoms with Gasteiger partial charge in [-0.3, -0.25) is 9.59 Å². The van der Waals surface area contributed by atoms with Crippen LogP contribution in [0.15, 0.2) is 72.8 Å². The van der Waals surface area contributed by atoms with Gasteiger partial charge in [0, 0.05) is 5.69 Å². The maximum Gasteiger partial charge on any atom is 0.337 e. The van der Waals surface area contributed by atoms with Gasteiger partial charge in [0.2, 0.25) is 11.1 Å². The third-order valence-electron chi connectivity index (χ3n) is 3.22. The lowest BCUT2D eigenvalue weighted by atomic mass is 10.2. The maximum atomic E-state index is 11.2. The molecule has 0 bridgehead atoms. The van der Waals surface area contributed by atoms with Crippen molar-refractivity contribution in [1.29, 1.82) is 0 Å². The fraction of sp³-hybridized carbons (Fsp3) is 0.0909. The van der Waals surface area contributed by atoms with Crippen molar-refractivity contribution >= 4 is 46.1 Å². The minimum atomic E-state index is -1.06. The zero-order valence-electron chi connectivity index (χ0n) is 16.9. The molecule has 31 heavy (non-hydrogen) atoms. The second-order valence-corrected chi connectivity index (χ2v) is 5.91. The van der Waals surface area contributed by atoms with Crippen LogP contribution in [0.5, 0.6) is 0 Å². The van der Waals surface area contributed by atoms with E-state index in [0.29, 0.717) is 11.4 Å². The number of carbonyl (C=O) groups excluding carboxylic acids is 2. The van der Waals surface area contributed by atoms with Crippen LogP contribution in [0, 0.1) is 0 Å². The average Bonchev–Trinajstić information content (AvgIpc) is 2.69. The van der Waals surface area contributed by atoms with Crippen LogP contribution in [0.4, 0.5) is 11.4 Å². The van der Waals surface area contributed by atoms with Crippen LogP contribution in [-0.4, -0.2) is 33.3 Å². The highest BCUT2D eigenvalue weighted by Gasteiger charge is 2.09. The number of hydrogen-bond donors (Lipinski definition) is 4. The minimum absolute atomic E-state index is 0.0790. The van der Waals surface area contributed by atoms with E-state index >= 15 is 0 Å². The van der Waals surface area contributed by atoms with Crippen LogP contribution >= 0.6 is 11.6 Å². The highest BCUT2D eigenvalue weighted by atomic mass is 35.5. The van der Waals surface area contributed by atoms with Crippen LogP contribution in [0.1, 0.15) is 34.6 Å². The molecule has 0 aliphatic rings. The Morgan fingerprint density at radius 1 is 0.839 bits per heavy atom. The third kappa shape index (κ3) is 11.6. The van der Waals surface area contributed by atoms with Gasteiger partial charge in [0.15, 0.2) is 0 Å². The summed E-state index contributed by atoms with van der Waals surface area (Å²) in [6, 6.07) is 12.6. The normalized spacial score (nSPS) is 9.77. The molecule has 0 unspecified atom stereocenters. The zero-order valence-corrected chi connectivity index (χ0v) is 17.7. The van der Waals surface area contributed by atoms with Crippen molar-refractivity contribution in [3.8, 4) is 0 Å². The molecule has 0 atom stereocenters. The summed E-state index contributed by atoms with van der Waals surface area (Å²) < 4.78 is 0. The first-order chi connectivity index (χ1) is 14.6. The fourth-order valence-electron chi connectivity index (χ4n) is 1.93. The SMILES string of the molecule is C/C=C/C(=O)Cl.C/C=C/C(=O)Nc1ccccc1C(=O)O.Nc1ccccc1C(=O)O. The van der Waals surface area contributed by atoms with E-state index in [4.69, 9.17) is 27.5 Å². The molecule has 0 saturated carbocycles. The lowest BCUT2D eigenvalue weighted by Gasteiger charge is -2.05. The van der Waals surface area contributed by atoms with E-state index in [1.165, 1.54) is 24.3 Å². The minimum Gasteiger partial charge on any atom is -0.478 e. The maximum absolute atomic E-state index is 11.2. The van der Waals surface area contributed by atoms with Crippen molar-refractivity contribution in [3.63, 3.8) is 0 Å². The van der Waals surface area contributed by atoms with Crippen LogP contribution in [0.3, 0.4) is 0 Å². The molecule has 164 valence electrons. The lowest BCUT2D eigenvalue weighted by Crippen LogP contribution is -2.11. The standard InChI is InChI=1S/C11H11NO3.C7H7NO2.C4H5ClO/c1-2-5-10(13)12-9-7-4-3-6-8(9)11(14)15;8-6-4-2-1-3-5(6)7(9)10;1-2-3-4(5)6/h2-7H,1H3,(H,12,13)(H,14,15);1-4H,8H2,(H,9,10);2-3H,1H3/b5-2+;;3-2+. The Labute approximate surface area is 184 Å². The van der Waals surface area contributed by atoms with Crippen molar-refractivity contribution in [2.45, 2.75) is 13.8 Å². The van der Waals surface area contributed by atoms with Crippen LogP contribution in [0.2, 0.25) is 0 Å². The Morgan fingerprint density at radius 2 is 1.32 bits per heavy atom. The summed E-state index contributed by atoms with van der Waals surface area (Å²) in [5.74, 6) is -2.39. The zero-order chi connectivity index (χ0) is 23.8. The van der Waals surface area contributed by atoms with E-state index in [0.717, 1.165) is 0 Å². The molecule has 0 fully saturated rings. The van der Waals surface area contributed by atoms with Crippen LogP contribution < -0.4 is 11.1 Å². The quantitative estimate of drug-likeness (QED) is 0.305. The molecule has 2 rings (SSSR count). The molecule has 0 saturated heterocycles. The van der Waals surface area contributed by atoms with Gasteiger partial charge in [-0.2, -0.15) is 0 Å². The van der Waals surface area contributed by atoms with Gasteiger partial charge in [0.1, 0.15) is 0 Å². The molecular weight excluding hydrogens is 424 g/mol. The Bertz CT molecular complexity index is 970. The number of para-hydroxylation sites is 2. The summed E-state index contributed by atoms with van der Waals surface area (Å²) in [5.41, 5.74) is 6.17. The largest absolute Gasteiger partial charge is 0.478 e. The van der Waals surface area contributed by atoms with Crippen LogP contribution in [-0.2, 0) is 9.59 Å². The summed E-state index contributed by atoms with van der Waals surface area (Å²) in [6.07, 6.45) is 5.80. The van der Waals surface area contributed by atoms with Gasteiger partial charge in [-0.1, -0.05) is 36.4 Å². The molecular formula is C22H23ClN2O6. The number of anilines is 2. The fourth-order valence-corrected chi connectivity index (χ4v) is 2.05. The number of nitrogen functional groups attached to an aromatic ring is 1. The average molecular weight is 447 g/mol. The molecule has 0 aliphatic heterocycles. The summed E-state index contributed by atoms with van der Waals surface area (Å²) in [6.45, 7) is 3.45. The van der Waals surface area contributed by atoms with Gasteiger partial charge in [-0.05, 0) is 61.9 Å². The van der Waals surface area contributed by atoms with Gasteiger partial charge in [-0.25, -0.2) is 9.59 Å². The molecule has 0 heterocycles. The summed E-state index contributed by atoms with van der Waals surface area (Å²) in [7, 11) is 0. The Hall–Kier alpha value is -3.91. The number of nitrogens with one attached hydrogen (secondary N) is 1. The molecule has 0 aliphatic carbocycles. The number of carboxylic acid groups (broad SMARTS) is 2. The number of aromatic carboxylic acids is 2. The number of nitrogens with two attached hydrogens (primary N) is 1. The number of allylic oxidation sites excluding steroid dienone is 3. The summed E-state index contributed by atoms with van der Waals surface area (Å²) in [4.78, 5) is 42.1. The molecule has 0 aromatic heterocycles. The topological polar surface area (TPSA) is 147 Å². The van der Waals surface area contributed by atoms with Crippen molar-refractivity contribution < 1.29 is 29.4 Å². The van der Waals surface area contributed by atoms with Gasteiger partial charge in [-0.15, -0.1) is 0 Å². The smallest absolute Gasteiger partial charge is 0.337 e. The lowest BCUT2D eigenvalue weighted by molar-refractivity contribution is -0.112. The predicted molar refractivity (Wildman–Crippen MR) is 120 cm³/mol. The molecule has 0 radical (unpaired) electrons. The molecule has 5 N–H and O–H groups in total. The first-order valence-corrected chi connectivity index (χ1v) is 9.17. The van der Waals surface area contributed by atoms with Gasteiger partial charge < -0.3 is 21.3 Å². The highest BCUT2D eigenvalue weighted by molar-refractivity contribution is 6.66. The molecule has 9 heteroatoms. The number of benzene rings is 2. The van der Waals surface area contributed by atoms with Crippen molar-refractivity contribution in [3.05, 3.63) is 84.0 Å². The number of carbonyl (C=O) groups is 4. The molecule has 2 aromatic rings. The van der Waals surface area contributed by atoms with Gasteiger partial charge in [0.05, 0.1) is 16.8 Å². The number of carboxylic acids is 2. The summed E-state index contributed by atoms with van der Waals surface area (Å²) >= 11 is 4.85. The number of hydrogen-bond acceptors (Lipinski definition) is 5. The monoisotopic (exact) mass is 446 g/mol. The summed E-state index contributed by atoms with van der Waals surface area (Å²) in [5, 5.41) is 19.4. The molecule has 0 spiro atoms. The first kappa shape index (κ1) is 27.1. The third-order valence-corrected chi connectivity index (χ3v) is 3.35. The number of amides is 1. The first-order valence-electron chi connectivity index (χ1n) is 8.79. The van der Waals surface area contributed by atoms with E-state index in [1.807, 2.05) is 0 Å². The van der Waals surface area contributed by atoms with Crippen LogP contribution in [0.25, 0.3) is 0 Å².